The quantitative estimate of drug-likeness (QED) is 0.643. The number of anilines is 1. The van der Waals surface area contributed by atoms with Gasteiger partial charge >= 0.3 is 0 Å². The lowest BCUT2D eigenvalue weighted by molar-refractivity contribution is -0.107. The number of amides is 1. The predicted octanol–water partition coefficient (Wildman–Crippen LogP) is 3.04. The fourth-order valence-corrected chi connectivity index (χ4v) is 2.11. The van der Waals surface area contributed by atoms with Crippen LogP contribution >= 0.6 is 11.6 Å². The molecule has 4 nitrogen and oxygen atoms in total. The molecule has 1 amide bonds. The molecule has 0 aliphatic heterocycles. The molecule has 1 aromatic heterocycles. The summed E-state index contributed by atoms with van der Waals surface area (Å²) in [5, 5.41) is 3.96. The highest BCUT2D eigenvalue weighted by Crippen LogP contribution is 2.37. The van der Waals surface area contributed by atoms with Gasteiger partial charge < -0.3 is 4.52 Å². The molecule has 0 spiro atoms. The van der Waals surface area contributed by atoms with E-state index in [1.807, 2.05) is 0 Å². The summed E-state index contributed by atoms with van der Waals surface area (Å²) in [5.74, 6) is 2.13. The minimum absolute atomic E-state index is 0.0185. The predicted molar refractivity (Wildman–Crippen MR) is 73.9 cm³/mol. The molecule has 6 heteroatoms. The summed E-state index contributed by atoms with van der Waals surface area (Å²) in [4.78, 5) is 12.3. The maximum atomic E-state index is 14.0. The fraction of sp³-hybridized carbons (Fsp3) is 0.143. The summed E-state index contributed by atoms with van der Waals surface area (Å²) < 4.78 is 19.0. The Hall–Kier alpha value is -2.32. The largest absolute Gasteiger partial charge is 0.359 e. The maximum absolute atomic E-state index is 14.0. The summed E-state index contributed by atoms with van der Waals surface area (Å²) in [6, 6.07) is 4.26. The number of nitrogens with zero attached hydrogens (tertiary/aromatic N) is 2. The van der Waals surface area contributed by atoms with Crippen molar-refractivity contribution in [1.29, 1.82) is 0 Å². The van der Waals surface area contributed by atoms with E-state index in [0.29, 0.717) is 17.9 Å². The van der Waals surface area contributed by atoms with E-state index in [1.165, 1.54) is 23.1 Å². The van der Waals surface area contributed by atoms with Gasteiger partial charge in [0.15, 0.2) is 5.76 Å². The van der Waals surface area contributed by atoms with Gasteiger partial charge in [0, 0.05) is 0 Å². The molecule has 0 radical (unpaired) electrons. The van der Waals surface area contributed by atoms with Gasteiger partial charge in [-0.25, -0.2) is 4.39 Å². The number of aryl methyl sites for hydroxylation is 1. The van der Waals surface area contributed by atoms with E-state index in [0.717, 1.165) is 0 Å². The standard InChI is InChI=1S/C14H10ClFN2O2/c1-3-7-18(8-19)14-9(2)20-17-13(14)12-10(15)5-4-6-11(12)16/h1,4-6,8H,7H2,2H3. The first-order valence-electron chi connectivity index (χ1n) is 5.66. The third kappa shape index (κ3) is 2.38. The molecule has 0 bridgehead atoms. The second kappa shape index (κ2) is 5.76. The highest BCUT2D eigenvalue weighted by atomic mass is 35.5. The topological polar surface area (TPSA) is 46.3 Å². The average molecular weight is 293 g/mol. The smallest absolute Gasteiger partial charge is 0.215 e. The van der Waals surface area contributed by atoms with Gasteiger partial charge in [0.25, 0.3) is 0 Å². The average Bonchev–Trinajstić information content (AvgIpc) is 2.78. The van der Waals surface area contributed by atoms with Crippen LogP contribution in [0.2, 0.25) is 5.02 Å². The van der Waals surface area contributed by atoms with Crippen LogP contribution < -0.4 is 4.90 Å². The third-order valence-corrected chi connectivity index (χ3v) is 3.02. The highest BCUT2D eigenvalue weighted by molar-refractivity contribution is 6.33. The van der Waals surface area contributed by atoms with Crippen molar-refractivity contribution in [3.8, 4) is 23.6 Å². The van der Waals surface area contributed by atoms with E-state index in [-0.39, 0.29) is 22.8 Å². The van der Waals surface area contributed by atoms with Crippen LogP contribution in [0.15, 0.2) is 22.7 Å². The van der Waals surface area contributed by atoms with Gasteiger partial charge in [-0.05, 0) is 19.1 Å². The first-order chi connectivity index (χ1) is 9.60. The minimum Gasteiger partial charge on any atom is -0.359 e. The van der Waals surface area contributed by atoms with Gasteiger partial charge in [0.1, 0.15) is 17.2 Å². The number of halogens is 2. The second-order valence-electron chi connectivity index (χ2n) is 3.97. The molecule has 2 rings (SSSR count). The first kappa shape index (κ1) is 14.1. The van der Waals surface area contributed by atoms with Crippen LogP contribution in [0.25, 0.3) is 11.3 Å². The van der Waals surface area contributed by atoms with E-state index in [9.17, 15) is 9.18 Å². The van der Waals surface area contributed by atoms with Crippen molar-refractivity contribution in [2.75, 3.05) is 11.4 Å². The fourth-order valence-electron chi connectivity index (χ4n) is 1.86. The van der Waals surface area contributed by atoms with E-state index < -0.39 is 5.82 Å². The first-order valence-corrected chi connectivity index (χ1v) is 6.04. The van der Waals surface area contributed by atoms with E-state index in [1.54, 1.807) is 6.92 Å². The van der Waals surface area contributed by atoms with Gasteiger partial charge in [0.05, 0.1) is 17.1 Å². The maximum Gasteiger partial charge on any atom is 0.215 e. The van der Waals surface area contributed by atoms with Crippen molar-refractivity contribution in [1.82, 2.24) is 5.16 Å². The zero-order valence-electron chi connectivity index (χ0n) is 10.6. The highest BCUT2D eigenvalue weighted by Gasteiger charge is 2.24. The van der Waals surface area contributed by atoms with Crippen molar-refractivity contribution < 1.29 is 13.7 Å². The monoisotopic (exact) mass is 292 g/mol. The molecule has 0 fully saturated rings. The number of terminal acetylenes is 1. The lowest BCUT2D eigenvalue weighted by atomic mass is 10.1. The lowest BCUT2D eigenvalue weighted by Gasteiger charge is -2.14. The van der Waals surface area contributed by atoms with Crippen LogP contribution in [0.5, 0.6) is 0 Å². The number of hydrogen-bond donors (Lipinski definition) is 0. The number of aromatic nitrogens is 1. The van der Waals surface area contributed by atoms with Crippen LogP contribution in [0.1, 0.15) is 5.76 Å². The molecule has 2 aromatic rings. The lowest BCUT2D eigenvalue weighted by Crippen LogP contribution is -2.22. The number of carbonyl (C=O) groups is 1. The van der Waals surface area contributed by atoms with E-state index in [2.05, 4.69) is 11.1 Å². The Labute approximate surface area is 120 Å². The van der Waals surface area contributed by atoms with Crippen LogP contribution in [0, 0.1) is 25.1 Å². The Morgan fingerprint density at radius 2 is 2.35 bits per heavy atom. The molecule has 0 aliphatic rings. The molecule has 1 heterocycles. The Balaban J connectivity index is 2.65. The summed E-state index contributed by atoms with van der Waals surface area (Å²) in [5.41, 5.74) is 0.530. The number of carbonyl (C=O) groups excluding carboxylic acids is 1. The Bertz CT molecular complexity index is 671. The molecule has 0 N–H and O–H groups in total. The van der Waals surface area contributed by atoms with Gasteiger partial charge in [-0.15, -0.1) is 6.42 Å². The molecular formula is C14H10ClFN2O2. The molecule has 0 atom stereocenters. The Kier molecular flexibility index (Phi) is 4.06. The third-order valence-electron chi connectivity index (χ3n) is 2.71. The normalized spacial score (nSPS) is 10.1. The zero-order valence-corrected chi connectivity index (χ0v) is 11.3. The van der Waals surface area contributed by atoms with Crippen molar-refractivity contribution in [3.05, 3.63) is 34.8 Å². The minimum atomic E-state index is -0.557. The van der Waals surface area contributed by atoms with E-state index >= 15 is 0 Å². The van der Waals surface area contributed by atoms with Crippen LogP contribution in [0.3, 0.4) is 0 Å². The summed E-state index contributed by atoms with van der Waals surface area (Å²) >= 11 is 6.00. The summed E-state index contributed by atoms with van der Waals surface area (Å²) in [6.45, 7) is 1.62. The molecule has 0 unspecified atom stereocenters. The van der Waals surface area contributed by atoms with Gasteiger partial charge in [-0.1, -0.05) is 28.7 Å². The molecule has 0 saturated carbocycles. The SMILES string of the molecule is C#CCN(C=O)c1c(-c2c(F)cccc2Cl)noc1C. The summed E-state index contributed by atoms with van der Waals surface area (Å²) in [6.07, 6.45) is 5.75. The van der Waals surface area contributed by atoms with Crippen molar-refractivity contribution in [3.63, 3.8) is 0 Å². The number of benzene rings is 1. The molecule has 102 valence electrons. The van der Waals surface area contributed by atoms with Crippen molar-refractivity contribution in [2.45, 2.75) is 6.92 Å². The second-order valence-corrected chi connectivity index (χ2v) is 4.38. The number of hydrogen-bond acceptors (Lipinski definition) is 3. The van der Waals surface area contributed by atoms with Gasteiger partial charge in [0.2, 0.25) is 6.41 Å². The molecule has 0 aliphatic carbocycles. The van der Waals surface area contributed by atoms with Crippen LogP contribution in [0.4, 0.5) is 10.1 Å². The van der Waals surface area contributed by atoms with Gasteiger partial charge in [-0.2, -0.15) is 0 Å². The van der Waals surface area contributed by atoms with E-state index in [4.69, 9.17) is 22.5 Å². The summed E-state index contributed by atoms with van der Waals surface area (Å²) in [7, 11) is 0. The Morgan fingerprint density at radius 1 is 1.60 bits per heavy atom. The van der Waals surface area contributed by atoms with Crippen LogP contribution in [-0.2, 0) is 4.79 Å². The molecular weight excluding hydrogens is 283 g/mol. The van der Waals surface area contributed by atoms with Gasteiger partial charge in [-0.3, -0.25) is 9.69 Å². The zero-order chi connectivity index (χ0) is 14.7. The van der Waals surface area contributed by atoms with Crippen molar-refractivity contribution in [2.24, 2.45) is 0 Å². The van der Waals surface area contributed by atoms with Crippen LogP contribution in [-0.4, -0.2) is 18.1 Å². The number of rotatable bonds is 4. The molecule has 20 heavy (non-hydrogen) atoms. The molecule has 1 aromatic carbocycles. The van der Waals surface area contributed by atoms with Crippen molar-refractivity contribution >= 4 is 23.7 Å². The Morgan fingerprint density at radius 3 is 2.95 bits per heavy atom. The molecule has 0 saturated heterocycles.